The van der Waals surface area contributed by atoms with Crippen LogP contribution < -0.4 is 11.1 Å². The normalized spacial score (nSPS) is 20.2. The first kappa shape index (κ1) is 16.7. The quantitative estimate of drug-likeness (QED) is 0.337. The number of carbonyl (C=O) groups is 1. The Morgan fingerprint density at radius 1 is 1.50 bits per heavy atom. The number of amides is 1. The smallest absolute Gasteiger partial charge is 0.234 e. The van der Waals surface area contributed by atoms with E-state index >= 15 is 0 Å². The zero-order valence-electron chi connectivity index (χ0n) is 12.2. The monoisotopic (exact) mass is 282 g/mol. The number of nitrogens with zero attached hydrogens (tertiary/aromatic N) is 2. The molecule has 1 saturated heterocycles. The van der Waals surface area contributed by atoms with Gasteiger partial charge in [-0.15, -0.1) is 0 Å². The lowest BCUT2D eigenvalue weighted by atomic mass is 9.91. The molecule has 0 bridgehead atoms. The van der Waals surface area contributed by atoms with E-state index in [4.69, 9.17) is 5.73 Å². The van der Waals surface area contributed by atoms with E-state index in [1.807, 2.05) is 0 Å². The van der Waals surface area contributed by atoms with Crippen LogP contribution in [0.2, 0.25) is 0 Å². The molecule has 0 unspecified atom stereocenters. The molecule has 0 spiro atoms. The summed E-state index contributed by atoms with van der Waals surface area (Å²) >= 11 is 0. The molecule has 1 fully saturated rings. The third-order valence-electron chi connectivity index (χ3n) is 3.62. The van der Waals surface area contributed by atoms with Gasteiger partial charge in [0.2, 0.25) is 6.41 Å². The van der Waals surface area contributed by atoms with E-state index in [9.17, 15) is 9.90 Å². The summed E-state index contributed by atoms with van der Waals surface area (Å²) in [5.41, 5.74) is 4.76. The van der Waals surface area contributed by atoms with Crippen molar-refractivity contribution in [1.82, 2.24) is 10.2 Å². The Morgan fingerprint density at radius 2 is 2.20 bits per heavy atom. The summed E-state index contributed by atoms with van der Waals surface area (Å²) in [5, 5.41) is 13.5. The number of hydrogen-bond donors (Lipinski definition) is 3. The second kappa shape index (κ2) is 8.71. The molecule has 0 aromatic rings. The van der Waals surface area contributed by atoms with Crippen LogP contribution in [-0.2, 0) is 4.79 Å². The highest BCUT2D eigenvalue weighted by atomic mass is 16.3. The third-order valence-corrected chi connectivity index (χ3v) is 3.62. The first-order valence-electron chi connectivity index (χ1n) is 7.21. The molecule has 6 heteroatoms. The van der Waals surface area contributed by atoms with E-state index in [-0.39, 0.29) is 5.84 Å². The lowest BCUT2D eigenvalue weighted by Gasteiger charge is -2.38. The van der Waals surface area contributed by atoms with Gasteiger partial charge < -0.3 is 21.1 Å². The number of likely N-dealkylation sites (tertiary alicyclic amines) is 1. The maximum Gasteiger partial charge on any atom is 0.234 e. The summed E-state index contributed by atoms with van der Waals surface area (Å²) in [6, 6.07) is 0. The molecule has 20 heavy (non-hydrogen) atoms. The SMILES string of the molecule is CCCCN1CCC(O)(CN/C=C\C(N)=NC=O)CC1. The minimum atomic E-state index is -0.663. The molecule has 1 aliphatic rings. The van der Waals surface area contributed by atoms with Gasteiger partial charge in [0.05, 0.1) is 5.60 Å². The van der Waals surface area contributed by atoms with Crippen molar-refractivity contribution in [3.63, 3.8) is 0 Å². The summed E-state index contributed by atoms with van der Waals surface area (Å²) in [5.74, 6) is 0.147. The van der Waals surface area contributed by atoms with Crippen LogP contribution in [0.15, 0.2) is 17.3 Å². The summed E-state index contributed by atoms with van der Waals surface area (Å²) in [6.07, 6.45) is 7.49. The zero-order valence-corrected chi connectivity index (χ0v) is 12.2. The fraction of sp³-hybridized carbons (Fsp3) is 0.714. The van der Waals surface area contributed by atoms with Crippen molar-refractivity contribution < 1.29 is 9.90 Å². The fourth-order valence-corrected chi connectivity index (χ4v) is 2.25. The van der Waals surface area contributed by atoms with Gasteiger partial charge in [-0.1, -0.05) is 13.3 Å². The molecule has 0 aromatic heterocycles. The van der Waals surface area contributed by atoms with Crippen molar-refractivity contribution in [3.05, 3.63) is 12.3 Å². The number of piperidine rings is 1. The number of nitrogens with two attached hydrogens (primary N) is 1. The first-order valence-corrected chi connectivity index (χ1v) is 7.21. The van der Waals surface area contributed by atoms with Gasteiger partial charge in [0.15, 0.2) is 0 Å². The average Bonchev–Trinajstić information content (AvgIpc) is 2.44. The number of carbonyl (C=O) groups excluding carboxylic acids is 1. The summed E-state index contributed by atoms with van der Waals surface area (Å²) in [4.78, 5) is 15.9. The maximum atomic E-state index is 10.4. The topological polar surface area (TPSA) is 90.9 Å². The number of rotatable bonds is 8. The van der Waals surface area contributed by atoms with Gasteiger partial charge in [-0.05, 0) is 31.9 Å². The van der Waals surface area contributed by atoms with Gasteiger partial charge in [0.25, 0.3) is 0 Å². The van der Waals surface area contributed by atoms with Gasteiger partial charge in [0, 0.05) is 25.8 Å². The van der Waals surface area contributed by atoms with E-state index in [1.54, 1.807) is 6.20 Å². The lowest BCUT2D eigenvalue weighted by Crippen LogP contribution is -2.49. The number of amidine groups is 1. The number of nitrogens with one attached hydrogen (secondary N) is 1. The van der Waals surface area contributed by atoms with Crippen molar-refractivity contribution in [2.24, 2.45) is 10.7 Å². The van der Waals surface area contributed by atoms with Gasteiger partial charge in [-0.3, -0.25) is 4.79 Å². The van der Waals surface area contributed by atoms with Crippen LogP contribution in [-0.4, -0.2) is 54.0 Å². The molecule has 6 nitrogen and oxygen atoms in total. The van der Waals surface area contributed by atoms with E-state index < -0.39 is 5.60 Å². The second-order valence-corrected chi connectivity index (χ2v) is 5.29. The van der Waals surface area contributed by atoms with E-state index in [0.717, 1.165) is 32.5 Å². The number of aliphatic imine (C=N–C) groups is 1. The largest absolute Gasteiger partial charge is 0.388 e. The molecule has 1 heterocycles. The van der Waals surface area contributed by atoms with Crippen molar-refractivity contribution in [1.29, 1.82) is 0 Å². The Morgan fingerprint density at radius 3 is 2.80 bits per heavy atom. The summed E-state index contributed by atoms with van der Waals surface area (Å²) in [7, 11) is 0. The Kier molecular flexibility index (Phi) is 7.25. The van der Waals surface area contributed by atoms with E-state index in [0.29, 0.717) is 13.0 Å². The van der Waals surface area contributed by atoms with Gasteiger partial charge in [0.1, 0.15) is 5.84 Å². The van der Waals surface area contributed by atoms with Crippen LogP contribution in [0, 0.1) is 0 Å². The van der Waals surface area contributed by atoms with Crippen LogP contribution in [0.4, 0.5) is 0 Å². The summed E-state index contributed by atoms with van der Waals surface area (Å²) < 4.78 is 0. The molecule has 114 valence electrons. The molecule has 1 aliphatic heterocycles. The molecule has 0 aliphatic carbocycles. The number of unbranched alkanes of at least 4 members (excludes halogenated alkanes) is 1. The Bertz CT molecular complexity index is 347. The predicted octanol–water partition coefficient (Wildman–Crippen LogP) is 0.230. The molecular weight excluding hydrogens is 256 g/mol. The number of aliphatic hydroxyl groups is 1. The first-order chi connectivity index (χ1) is 9.59. The highest BCUT2D eigenvalue weighted by Crippen LogP contribution is 2.21. The molecule has 0 saturated carbocycles. The highest BCUT2D eigenvalue weighted by molar-refractivity contribution is 5.95. The standard InChI is InChI=1S/C14H26N4O2/c1-2-3-8-18-9-5-14(20,6-10-18)11-16-7-4-13(15)17-12-19/h4,7,12,16,20H,2-3,5-6,8-11H2,1H3,(H2,15,17,19)/b7-4-. The zero-order chi connectivity index (χ0) is 14.8. The van der Waals surface area contributed by atoms with Crippen molar-refractivity contribution >= 4 is 12.2 Å². The molecule has 0 aromatic carbocycles. The number of hydrogen-bond acceptors (Lipinski definition) is 4. The van der Waals surface area contributed by atoms with Crippen LogP contribution in [0.25, 0.3) is 0 Å². The lowest BCUT2D eigenvalue weighted by molar-refractivity contribution is -0.106. The molecular formula is C14H26N4O2. The van der Waals surface area contributed by atoms with Gasteiger partial charge in [-0.2, -0.15) is 4.99 Å². The van der Waals surface area contributed by atoms with Crippen LogP contribution >= 0.6 is 0 Å². The van der Waals surface area contributed by atoms with E-state index in [2.05, 4.69) is 22.1 Å². The van der Waals surface area contributed by atoms with Gasteiger partial charge >= 0.3 is 0 Å². The molecule has 0 radical (unpaired) electrons. The predicted molar refractivity (Wildman–Crippen MR) is 80.4 cm³/mol. The third kappa shape index (κ3) is 6.16. The Hall–Kier alpha value is -1.40. The van der Waals surface area contributed by atoms with Crippen molar-refractivity contribution in [3.8, 4) is 0 Å². The van der Waals surface area contributed by atoms with Crippen LogP contribution in [0.1, 0.15) is 32.6 Å². The molecule has 1 rings (SSSR count). The minimum Gasteiger partial charge on any atom is -0.388 e. The van der Waals surface area contributed by atoms with Crippen molar-refractivity contribution in [2.45, 2.75) is 38.2 Å². The molecule has 0 atom stereocenters. The van der Waals surface area contributed by atoms with E-state index in [1.165, 1.54) is 18.9 Å². The van der Waals surface area contributed by atoms with Gasteiger partial charge in [-0.25, -0.2) is 0 Å². The Labute approximate surface area is 120 Å². The fourth-order valence-electron chi connectivity index (χ4n) is 2.25. The Balaban J connectivity index is 2.27. The maximum absolute atomic E-state index is 10.4. The molecule has 1 amide bonds. The molecule has 4 N–H and O–H groups in total. The summed E-state index contributed by atoms with van der Waals surface area (Å²) in [6.45, 7) is 5.68. The van der Waals surface area contributed by atoms with Crippen molar-refractivity contribution in [2.75, 3.05) is 26.2 Å². The second-order valence-electron chi connectivity index (χ2n) is 5.29. The van der Waals surface area contributed by atoms with Crippen LogP contribution in [0.5, 0.6) is 0 Å². The average molecular weight is 282 g/mol. The minimum absolute atomic E-state index is 0.147. The highest BCUT2D eigenvalue weighted by Gasteiger charge is 2.31. The van der Waals surface area contributed by atoms with Crippen LogP contribution in [0.3, 0.4) is 0 Å².